The van der Waals surface area contributed by atoms with Crippen LogP contribution in [0.25, 0.3) is 6.08 Å². The van der Waals surface area contributed by atoms with Gasteiger partial charge in [0.1, 0.15) is 5.75 Å². The summed E-state index contributed by atoms with van der Waals surface area (Å²) in [5.74, 6) is 0.779. The first-order chi connectivity index (χ1) is 11.3. The number of benzene rings is 2. The molecule has 0 bridgehead atoms. The van der Waals surface area contributed by atoms with Gasteiger partial charge in [-0.3, -0.25) is 4.79 Å². The van der Waals surface area contributed by atoms with Crippen LogP contribution in [0, 0.1) is 0 Å². The molecule has 4 nitrogen and oxygen atoms in total. The molecule has 118 valence electrons. The fourth-order valence-electron chi connectivity index (χ4n) is 2.61. The van der Waals surface area contributed by atoms with Gasteiger partial charge in [-0.25, -0.2) is 0 Å². The molecule has 2 aromatic carbocycles. The second-order valence-electron chi connectivity index (χ2n) is 5.44. The molecule has 0 radical (unpaired) electrons. The highest BCUT2D eigenvalue weighted by atomic mass is 16.5. The number of aliphatic hydroxyl groups excluding tert-OH is 1. The molecule has 0 unspecified atom stereocenters. The van der Waals surface area contributed by atoms with Crippen LogP contribution in [0.3, 0.4) is 0 Å². The number of rotatable bonds is 5. The summed E-state index contributed by atoms with van der Waals surface area (Å²) >= 11 is 0. The van der Waals surface area contributed by atoms with E-state index in [1.54, 1.807) is 6.08 Å². The predicted molar refractivity (Wildman–Crippen MR) is 88.9 cm³/mol. The molecule has 1 aliphatic rings. The van der Waals surface area contributed by atoms with Crippen LogP contribution >= 0.6 is 0 Å². The summed E-state index contributed by atoms with van der Waals surface area (Å²) in [7, 11) is 0. The number of amides is 1. The second-order valence-corrected chi connectivity index (χ2v) is 5.44. The van der Waals surface area contributed by atoms with Crippen LogP contribution in [0.1, 0.15) is 22.3 Å². The first kappa shape index (κ1) is 15.3. The van der Waals surface area contributed by atoms with Crippen LogP contribution in [0.15, 0.2) is 48.5 Å². The van der Waals surface area contributed by atoms with Gasteiger partial charge in [0.2, 0.25) is 5.91 Å². The summed E-state index contributed by atoms with van der Waals surface area (Å²) in [6.45, 7) is 1.10. The van der Waals surface area contributed by atoms with Crippen LogP contribution in [0.5, 0.6) is 5.75 Å². The van der Waals surface area contributed by atoms with Gasteiger partial charge in [0.15, 0.2) is 0 Å². The molecule has 0 aromatic heterocycles. The summed E-state index contributed by atoms with van der Waals surface area (Å²) in [6, 6.07) is 13.4. The summed E-state index contributed by atoms with van der Waals surface area (Å²) in [5, 5.41) is 12.1. The maximum atomic E-state index is 11.9. The lowest BCUT2D eigenvalue weighted by Crippen LogP contribution is -2.21. The number of fused-ring (bicyclic) bond motifs is 1. The summed E-state index contributed by atoms with van der Waals surface area (Å²) < 4.78 is 5.46. The predicted octanol–water partition coefficient (Wildman–Crippen LogP) is 2.44. The SMILES string of the molecule is O=C(/C=C/c1ccc2c(c1)CCO2)NCc1ccccc1CO. The van der Waals surface area contributed by atoms with E-state index in [-0.39, 0.29) is 12.5 Å². The van der Waals surface area contributed by atoms with E-state index in [1.807, 2.05) is 42.5 Å². The van der Waals surface area contributed by atoms with Crippen LogP contribution in [0.2, 0.25) is 0 Å². The minimum absolute atomic E-state index is 0.0287. The Morgan fingerprint density at radius 2 is 2.04 bits per heavy atom. The Balaban J connectivity index is 1.59. The van der Waals surface area contributed by atoms with Gasteiger partial charge < -0.3 is 15.2 Å². The average molecular weight is 309 g/mol. The van der Waals surface area contributed by atoms with E-state index >= 15 is 0 Å². The van der Waals surface area contributed by atoms with Crippen molar-refractivity contribution in [3.8, 4) is 5.75 Å². The zero-order chi connectivity index (χ0) is 16.1. The monoisotopic (exact) mass is 309 g/mol. The van der Waals surface area contributed by atoms with E-state index < -0.39 is 0 Å². The normalized spacial score (nSPS) is 12.9. The van der Waals surface area contributed by atoms with Crippen molar-refractivity contribution in [3.63, 3.8) is 0 Å². The minimum atomic E-state index is -0.158. The van der Waals surface area contributed by atoms with Crippen molar-refractivity contribution in [2.45, 2.75) is 19.6 Å². The Bertz CT molecular complexity index is 737. The zero-order valence-corrected chi connectivity index (χ0v) is 12.8. The van der Waals surface area contributed by atoms with Crippen molar-refractivity contribution in [3.05, 3.63) is 70.8 Å². The molecule has 0 saturated carbocycles. The zero-order valence-electron chi connectivity index (χ0n) is 12.8. The highest BCUT2D eigenvalue weighted by molar-refractivity contribution is 5.91. The van der Waals surface area contributed by atoms with Crippen LogP contribution in [0.4, 0.5) is 0 Å². The lowest BCUT2D eigenvalue weighted by molar-refractivity contribution is -0.116. The molecule has 2 N–H and O–H groups in total. The Morgan fingerprint density at radius 3 is 2.87 bits per heavy atom. The van der Waals surface area contributed by atoms with Gasteiger partial charge in [0, 0.05) is 19.0 Å². The third kappa shape index (κ3) is 3.79. The number of carbonyl (C=O) groups is 1. The lowest BCUT2D eigenvalue weighted by atomic mass is 10.1. The number of hydrogen-bond acceptors (Lipinski definition) is 3. The van der Waals surface area contributed by atoms with E-state index in [1.165, 1.54) is 11.6 Å². The Hall–Kier alpha value is -2.59. The van der Waals surface area contributed by atoms with Crippen molar-refractivity contribution in [1.82, 2.24) is 5.32 Å². The third-order valence-corrected chi connectivity index (χ3v) is 3.88. The van der Waals surface area contributed by atoms with E-state index in [0.717, 1.165) is 35.5 Å². The van der Waals surface area contributed by atoms with Crippen molar-refractivity contribution >= 4 is 12.0 Å². The number of carbonyl (C=O) groups excluding carboxylic acids is 1. The smallest absolute Gasteiger partial charge is 0.244 e. The minimum Gasteiger partial charge on any atom is -0.493 e. The topological polar surface area (TPSA) is 58.6 Å². The molecule has 1 amide bonds. The van der Waals surface area contributed by atoms with Crippen molar-refractivity contribution in [2.24, 2.45) is 0 Å². The van der Waals surface area contributed by atoms with E-state index in [9.17, 15) is 9.90 Å². The number of hydrogen-bond donors (Lipinski definition) is 2. The molecule has 3 rings (SSSR count). The van der Waals surface area contributed by atoms with Gasteiger partial charge in [-0.05, 0) is 40.5 Å². The largest absolute Gasteiger partial charge is 0.493 e. The van der Waals surface area contributed by atoms with E-state index in [0.29, 0.717) is 6.54 Å². The molecule has 0 fully saturated rings. The first-order valence-electron chi connectivity index (χ1n) is 7.65. The van der Waals surface area contributed by atoms with Gasteiger partial charge >= 0.3 is 0 Å². The van der Waals surface area contributed by atoms with Crippen molar-refractivity contribution in [2.75, 3.05) is 6.61 Å². The van der Waals surface area contributed by atoms with Gasteiger partial charge in [0.25, 0.3) is 0 Å². The molecule has 0 spiro atoms. The quantitative estimate of drug-likeness (QED) is 0.834. The van der Waals surface area contributed by atoms with Crippen molar-refractivity contribution in [1.29, 1.82) is 0 Å². The van der Waals surface area contributed by atoms with Gasteiger partial charge in [-0.2, -0.15) is 0 Å². The fraction of sp³-hybridized carbons (Fsp3) is 0.211. The molecule has 23 heavy (non-hydrogen) atoms. The van der Waals surface area contributed by atoms with Crippen LogP contribution in [-0.2, 0) is 24.4 Å². The molecule has 1 aliphatic heterocycles. The molecular weight excluding hydrogens is 290 g/mol. The summed E-state index contributed by atoms with van der Waals surface area (Å²) in [5.41, 5.74) is 3.92. The highest BCUT2D eigenvalue weighted by Gasteiger charge is 2.11. The Kier molecular flexibility index (Phi) is 4.74. The molecule has 0 aliphatic carbocycles. The molecule has 1 heterocycles. The van der Waals surface area contributed by atoms with E-state index in [4.69, 9.17) is 4.74 Å². The standard InChI is InChI=1S/C19H19NO3/c21-13-17-4-2-1-3-16(17)12-20-19(22)8-6-14-5-7-18-15(11-14)9-10-23-18/h1-8,11,21H,9-10,12-13H2,(H,20,22)/b8-6+. The van der Waals surface area contributed by atoms with Crippen molar-refractivity contribution < 1.29 is 14.6 Å². The fourth-order valence-corrected chi connectivity index (χ4v) is 2.61. The van der Waals surface area contributed by atoms with Crippen LogP contribution in [-0.4, -0.2) is 17.6 Å². The van der Waals surface area contributed by atoms with E-state index in [2.05, 4.69) is 5.32 Å². The van der Waals surface area contributed by atoms with Gasteiger partial charge in [-0.15, -0.1) is 0 Å². The maximum Gasteiger partial charge on any atom is 0.244 e. The third-order valence-electron chi connectivity index (χ3n) is 3.88. The maximum absolute atomic E-state index is 11.9. The molecule has 0 atom stereocenters. The Morgan fingerprint density at radius 1 is 1.22 bits per heavy atom. The Labute approximate surface area is 135 Å². The number of aliphatic hydroxyl groups is 1. The summed E-state index contributed by atoms with van der Waals surface area (Å²) in [4.78, 5) is 11.9. The molecular formula is C19H19NO3. The second kappa shape index (κ2) is 7.11. The summed E-state index contributed by atoms with van der Waals surface area (Å²) in [6.07, 6.45) is 4.24. The molecule has 4 heteroatoms. The highest BCUT2D eigenvalue weighted by Crippen LogP contribution is 2.26. The molecule has 2 aromatic rings. The van der Waals surface area contributed by atoms with Gasteiger partial charge in [0.05, 0.1) is 13.2 Å². The number of ether oxygens (including phenoxy) is 1. The average Bonchev–Trinajstić information content (AvgIpc) is 3.06. The lowest BCUT2D eigenvalue weighted by Gasteiger charge is -2.07. The van der Waals surface area contributed by atoms with Gasteiger partial charge in [-0.1, -0.05) is 30.3 Å². The number of nitrogens with one attached hydrogen (secondary N) is 1. The first-order valence-corrected chi connectivity index (χ1v) is 7.65. The molecule has 0 saturated heterocycles. The van der Waals surface area contributed by atoms with Crippen LogP contribution < -0.4 is 10.1 Å².